The molecule has 0 N–H and O–H groups in total. The van der Waals surface area contributed by atoms with Crippen molar-refractivity contribution in [3.05, 3.63) is 35.8 Å². The number of hydrogen-bond donors (Lipinski definition) is 0. The highest BCUT2D eigenvalue weighted by Gasteiger charge is 2.27. The summed E-state index contributed by atoms with van der Waals surface area (Å²) in [5, 5.41) is 0. The van der Waals surface area contributed by atoms with Crippen LogP contribution in [0.15, 0.2) is 24.5 Å². The number of rotatable bonds is 11. The van der Waals surface area contributed by atoms with Gasteiger partial charge in [-0.3, -0.25) is 0 Å². The summed E-state index contributed by atoms with van der Waals surface area (Å²) >= 11 is 0. The third kappa shape index (κ3) is 4.69. The summed E-state index contributed by atoms with van der Waals surface area (Å²) in [5.74, 6) is 1.40. The number of nitrogens with zero attached hydrogens (tertiary/aromatic N) is 2. The lowest BCUT2D eigenvalue weighted by Gasteiger charge is -2.26. The second kappa shape index (κ2) is 9.58. The number of fused-ring (bicyclic) bond motifs is 1. The highest BCUT2D eigenvalue weighted by atomic mass is 15.0. The predicted octanol–water partition coefficient (Wildman–Crippen LogP) is 7.51. The van der Waals surface area contributed by atoms with Gasteiger partial charge >= 0.3 is 0 Å². The Morgan fingerprint density at radius 3 is 2.35 bits per heavy atom. The summed E-state index contributed by atoms with van der Waals surface area (Å²) in [6.07, 6.45) is 14.7. The van der Waals surface area contributed by atoms with E-state index in [4.69, 9.17) is 4.98 Å². The van der Waals surface area contributed by atoms with Gasteiger partial charge in [-0.15, -0.1) is 0 Å². The average Bonchev–Trinajstić information content (AvgIpc) is 3.08. The van der Waals surface area contributed by atoms with Crippen LogP contribution >= 0.6 is 0 Å². The van der Waals surface area contributed by atoms with Crippen LogP contribution in [0.4, 0.5) is 0 Å². The second-order valence-electron chi connectivity index (χ2n) is 8.53. The Labute approximate surface area is 161 Å². The first-order chi connectivity index (χ1) is 12.5. The summed E-state index contributed by atoms with van der Waals surface area (Å²) in [6.45, 7) is 14.0. The van der Waals surface area contributed by atoms with Crippen LogP contribution in [-0.2, 0) is 5.41 Å². The van der Waals surface area contributed by atoms with Crippen molar-refractivity contribution in [1.29, 1.82) is 0 Å². The first kappa shape index (κ1) is 21.0. The van der Waals surface area contributed by atoms with Crippen LogP contribution in [0.5, 0.6) is 0 Å². The van der Waals surface area contributed by atoms with E-state index in [0.29, 0.717) is 5.92 Å². The molecule has 0 spiro atoms. The Balaban J connectivity index is 2.35. The first-order valence-electron chi connectivity index (χ1n) is 11.0. The van der Waals surface area contributed by atoms with E-state index in [-0.39, 0.29) is 5.41 Å². The van der Waals surface area contributed by atoms with Gasteiger partial charge in [0.1, 0.15) is 5.65 Å². The van der Waals surface area contributed by atoms with Crippen molar-refractivity contribution in [3.8, 4) is 0 Å². The lowest BCUT2D eigenvalue weighted by atomic mass is 9.80. The molecule has 0 aliphatic heterocycles. The summed E-state index contributed by atoms with van der Waals surface area (Å²) in [4.78, 5) is 5.00. The number of unbranched alkanes of at least 4 members (excludes halogenated alkanes) is 1. The van der Waals surface area contributed by atoms with E-state index >= 15 is 0 Å². The van der Waals surface area contributed by atoms with E-state index in [9.17, 15) is 0 Å². The van der Waals surface area contributed by atoms with E-state index in [1.165, 1.54) is 56.2 Å². The molecule has 0 bridgehead atoms. The summed E-state index contributed by atoms with van der Waals surface area (Å²) in [7, 11) is 0. The minimum Gasteiger partial charge on any atom is -0.307 e. The number of pyridine rings is 1. The fraction of sp³-hybridized carbons (Fsp3) is 0.708. The zero-order valence-electron chi connectivity index (χ0n) is 18.0. The van der Waals surface area contributed by atoms with Gasteiger partial charge in [-0.1, -0.05) is 79.7 Å². The molecule has 146 valence electrons. The topological polar surface area (TPSA) is 17.3 Å². The van der Waals surface area contributed by atoms with Crippen LogP contribution in [0.3, 0.4) is 0 Å². The normalized spacial score (nSPS) is 16.5. The van der Waals surface area contributed by atoms with Crippen LogP contribution in [0.1, 0.15) is 110 Å². The number of hydrogen-bond acceptors (Lipinski definition) is 1. The van der Waals surface area contributed by atoms with Crippen molar-refractivity contribution in [2.45, 2.75) is 104 Å². The average molecular weight is 357 g/mol. The molecular formula is C24H40N2. The highest BCUT2D eigenvalue weighted by molar-refractivity contribution is 5.43. The molecule has 0 fully saturated rings. The molecule has 2 aromatic heterocycles. The standard InChI is InChI=1S/C24H40N2/c1-7-11-16-24(6,10-4)22-18-26-17-20(14-15-23(26)25-22)21(13-9-3)19(5)12-8-2/h14-15,17-19,21H,7-13,16H2,1-6H3. The van der Waals surface area contributed by atoms with Crippen molar-refractivity contribution in [2.24, 2.45) is 5.92 Å². The maximum absolute atomic E-state index is 5.00. The first-order valence-corrected chi connectivity index (χ1v) is 11.0. The molecule has 0 aromatic carbocycles. The minimum atomic E-state index is 0.195. The lowest BCUT2D eigenvalue weighted by Crippen LogP contribution is -2.21. The van der Waals surface area contributed by atoms with Gasteiger partial charge in [0.05, 0.1) is 5.69 Å². The van der Waals surface area contributed by atoms with Gasteiger partial charge in [0.25, 0.3) is 0 Å². The maximum atomic E-state index is 5.00. The molecule has 3 atom stereocenters. The SMILES string of the molecule is CCCCC(C)(CC)c1cn2cc(C(CCC)C(C)CCC)ccc2n1. The fourth-order valence-corrected chi connectivity index (χ4v) is 4.32. The van der Waals surface area contributed by atoms with Gasteiger partial charge in [0, 0.05) is 17.8 Å². The zero-order valence-corrected chi connectivity index (χ0v) is 18.0. The zero-order chi connectivity index (χ0) is 19.2. The molecule has 0 aliphatic carbocycles. The molecule has 0 amide bonds. The summed E-state index contributed by atoms with van der Waals surface area (Å²) in [5.41, 5.74) is 4.04. The summed E-state index contributed by atoms with van der Waals surface area (Å²) in [6, 6.07) is 4.56. The lowest BCUT2D eigenvalue weighted by molar-refractivity contribution is 0.394. The van der Waals surface area contributed by atoms with Crippen LogP contribution in [-0.4, -0.2) is 9.38 Å². The van der Waals surface area contributed by atoms with Gasteiger partial charge in [0.15, 0.2) is 0 Å². The maximum Gasteiger partial charge on any atom is 0.137 e. The van der Waals surface area contributed by atoms with E-state index in [1.807, 2.05) is 0 Å². The smallest absolute Gasteiger partial charge is 0.137 e. The molecule has 0 aliphatic rings. The fourth-order valence-electron chi connectivity index (χ4n) is 4.32. The van der Waals surface area contributed by atoms with E-state index in [1.54, 1.807) is 0 Å². The molecule has 0 radical (unpaired) electrons. The second-order valence-corrected chi connectivity index (χ2v) is 8.53. The molecule has 0 saturated heterocycles. The molecular weight excluding hydrogens is 316 g/mol. The molecule has 3 unspecified atom stereocenters. The molecule has 2 heterocycles. The predicted molar refractivity (Wildman–Crippen MR) is 114 cm³/mol. The Morgan fingerprint density at radius 1 is 1.00 bits per heavy atom. The van der Waals surface area contributed by atoms with Crippen LogP contribution in [0, 0.1) is 5.92 Å². The quantitative estimate of drug-likeness (QED) is 0.407. The van der Waals surface area contributed by atoms with Crippen molar-refractivity contribution in [1.82, 2.24) is 9.38 Å². The number of imidazole rings is 1. The Kier molecular flexibility index (Phi) is 7.73. The van der Waals surface area contributed by atoms with Gasteiger partial charge in [-0.2, -0.15) is 0 Å². The Bertz CT molecular complexity index is 672. The van der Waals surface area contributed by atoms with E-state index in [0.717, 1.165) is 18.0 Å². The van der Waals surface area contributed by atoms with E-state index in [2.05, 4.69) is 70.5 Å². The minimum absolute atomic E-state index is 0.195. The third-order valence-corrected chi connectivity index (χ3v) is 6.41. The molecule has 0 saturated carbocycles. The number of aromatic nitrogens is 2. The van der Waals surface area contributed by atoms with Crippen LogP contribution in [0.25, 0.3) is 5.65 Å². The van der Waals surface area contributed by atoms with Gasteiger partial charge in [-0.05, 0) is 42.7 Å². The summed E-state index contributed by atoms with van der Waals surface area (Å²) < 4.78 is 2.28. The Hall–Kier alpha value is -1.31. The van der Waals surface area contributed by atoms with Crippen LogP contribution in [0.2, 0.25) is 0 Å². The Morgan fingerprint density at radius 2 is 1.73 bits per heavy atom. The van der Waals surface area contributed by atoms with Crippen molar-refractivity contribution >= 4 is 5.65 Å². The highest BCUT2D eigenvalue weighted by Crippen LogP contribution is 2.35. The molecule has 2 rings (SSSR count). The van der Waals surface area contributed by atoms with Gasteiger partial charge in [0.2, 0.25) is 0 Å². The van der Waals surface area contributed by atoms with Crippen LogP contribution < -0.4 is 0 Å². The largest absolute Gasteiger partial charge is 0.307 e. The third-order valence-electron chi connectivity index (χ3n) is 6.41. The van der Waals surface area contributed by atoms with Crippen molar-refractivity contribution < 1.29 is 0 Å². The molecule has 2 nitrogen and oxygen atoms in total. The van der Waals surface area contributed by atoms with Crippen molar-refractivity contribution in [3.63, 3.8) is 0 Å². The molecule has 2 heteroatoms. The van der Waals surface area contributed by atoms with Crippen molar-refractivity contribution in [2.75, 3.05) is 0 Å². The monoisotopic (exact) mass is 356 g/mol. The van der Waals surface area contributed by atoms with Gasteiger partial charge < -0.3 is 4.40 Å². The van der Waals surface area contributed by atoms with Gasteiger partial charge in [-0.25, -0.2) is 4.98 Å². The van der Waals surface area contributed by atoms with E-state index < -0.39 is 0 Å². The molecule has 26 heavy (non-hydrogen) atoms. The molecule has 2 aromatic rings.